The van der Waals surface area contributed by atoms with Crippen molar-refractivity contribution in [1.82, 2.24) is 10.2 Å². The van der Waals surface area contributed by atoms with Gasteiger partial charge in [0.25, 0.3) is 0 Å². The number of fused-ring (bicyclic) bond motifs is 1. The van der Waals surface area contributed by atoms with Crippen molar-refractivity contribution in [2.24, 2.45) is 17.8 Å². The summed E-state index contributed by atoms with van der Waals surface area (Å²) in [5.41, 5.74) is 0. The number of aliphatic carboxylic acids is 1. The Morgan fingerprint density at radius 1 is 1.39 bits per heavy atom. The number of carboxylic acids is 1. The van der Waals surface area contributed by atoms with E-state index in [4.69, 9.17) is 14.6 Å². The molecule has 28 heavy (non-hydrogen) atoms. The topological polar surface area (TPSA) is 78.9 Å². The van der Waals surface area contributed by atoms with Gasteiger partial charge >= 0.3 is 12.1 Å². The summed E-state index contributed by atoms with van der Waals surface area (Å²) < 4.78 is 37.1. The van der Waals surface area contributed by atoms with E-state index < -0.39 is 12.1 Å². The molecule has 0 spiro atoms. The Kier molecular flexibility index (Phi) is 8.26. The molecule has 1 aromatic heterocycles. The zero-order chi connectivity index (χ0) is 20.7. The molecule has 2 aliphatic rings. The minimum atomic E-state index is -5.08. The van der Waals surface area contributed by atoms with Crippen LogP contribution in [0.15, 0.2) is 17.5 Å². The molecule has 0 saturated carbocycles. The third-order valence-corrected chi connectivity index (χ3v) is 5.98. The van der Waals surface area contributed by atoms with Gasteiger partial charge in [-0.05, 0) is 43.3 Å². The van der Waals surface area contributed by atoms with Crippen LogP contribution in [0.25, 0.3) is 0 Å². The number of methoxy groups -OCH3 is 1. The van der Waals surface area contributed by atoms with Crippen LogP contribution in [0.1, 0.15) is 17.7 Å². The molecular formula is C18H25F3N2O4S. The molecule has 0 aliphatic carbocycles. The van der Waals surface area contributed by atoms with Gasteiger partial charge in [0.15, 0.2) is 0 Å². The van der Waals surface area contributed by atoms with E-state index in [2.05, 4.69) is 27.7 Å². The Balaban J connectivity index is 0.000000345. The molecule has 6 nitrogen and oxygen atoms in total. The Labute approximate surface area is 165 Å². The van der Waals surface area contributed by atoms with Gasteiger partial charge in [-0.1, -0.05) is 6.07 Å². The molecule has 2 aliphatic heterocycles. The van der Waals surface area contributed by atoms with Gasteiger partial charge in [0.2, 0.25) is 5.91 Å². The van der Waals surface area contributed by atoms with E-state index in [9.17, 15) is 18.0 Å². The van der Waals surface area contributed by atoms with Gasteiger partial charge in [-0.15, -0.1) is 11.3 Å². The number of ether oxygens (including phenoxy) is 1. The monoisotopic (exact) mass is 422 g/mol. The molecule has 10 heteroatoms. The Morgan fingerprint density at radius 2 is 2.07 bits per heavy atom. The van der Waals surface area contributed by atoms with Crippen LogP contribution >= 0.6 is 11.3 Å². The number of rotatable bonds is 4. The highest BCUT2D eigenvalue weighted by Gasteiger charge is 2.40. The molecular weight excluding hydrogens is 397 g/mol. The van der Waals surface area contributed by atoms with E-state index in [1.54, 1.807) is 7.11 Å². The molecule has 1 aromatic rings. The molecule has 3 rings (SSSR count). The fourth-order valence-corrected chi connectivity index (χ4v) is 4.51. The van der Waals surface area contributed by atoms with Crippen LogP contribution in [0.4, 0.5) is 13.2 Å². The smallest absolute Gasteiger partial charge is 0.475 e. The first kappa shape index (κ1) is 22.6. The van der Waals surface area contributed by atoms with Crippen LogP contribution in [0, 0.1) is 17.8 Å². The van der Waals surface area contributed by atoms with Crippen molar-refractivity contribution >= 4 is 23.2 Å². The summed E-state index contributed by atoms with van der Waals surface area (Å²) in [7, 11) is 1.76. The van der Waals surface area contributed by atoms with Crippen molar-refractivity contribution in [2.75, 3.05) is 33.4 Å². The maximum absolute atomic E-state index is 12.2. The number of nitrogens with zero attached hydrogens (tertiary/aromatic N) is 1. The predicted molar refractivity (Wildman–Crippen MR) is 97.9 cm³/mol. The van der Waals surface area contributed by atoms with Crippen LogP contribution in [-0.4, -0.2) is 61.4 Å². The number of hydrogen-bond donors (Lipinski definition) is 2. The maximum atomic E-state index is 12.2. The van der Waals surface area contributed by atoms with Crippen molar-refractivity contribution in [2.45, 2.75) is 25.6 Å². The first-order chi connectivity index (χ1) is 13.2. The fraction of sp³-hybridized carbons (Fsp3) is 0.667. The highest BCUT2D eigenvalue weighted by atomic mass is 32.1. The van der Waals surface area contributed by atoms with Gasteiger partial charge in [-0.25, -0.2) is 4.79 Å². The first-order valence-corrected chi connectivity index (χ1v) is 9.91. The van der Waals surface area contributed by atoms with Gasteiger partial charge in [0, 0.05) is 36.9 Å². The molecule has 1 amide bonds. The quantitative estimate of drug-likeness (QED) is 0.780. The first-order valence-electron chi connectivity index (χ1n) is 9.04. The highest BCUT2D eigenvalue weighted by molar-refractivity contribution is 7.09. The van der Waals surface area contributed by atoms with Gasteiger partial charge in [-0.2, -0.15) is 13.2 Å². The SMILES string of the molecule is COC[C@H]1CNC(=O)[C@@H]2CCN(Cc3cccs3)CC[C@H]12.O=C(O)C(F)(F)F. The Bertz CT molecular complexity index is 639. The lowest BCUT2D eigenvalue weighted by Crippen LogP contribution is -2.49. The number of nitrogens with one attached hydrogen (secondary N) is 1. The summed E-state index contributed by atoms with van der Waals surface area (Å²) in [5, 5.41) is 12.3. The molecule has 2 N–H and O–H groups in total. The van der Waals surface area contributed by atoms with E-state index in [0.717, 1.165) is 45.6 Å². The van der Waals surface area contributed by atoms with Crippen LogP contribution in [0.2, 0.25) is 0 Å². The molecule has 0 radical (unpaired) electrons. The summed E-state index contributed by atoms with van der Waals surface area (Å²) >= 11 is 1.82. The largest absolute Gasteiger partial charge is 0.490 e. The minimum absolute atomic E-state index is 0.173. The van der Waals surface area contributed by atoms with E-state index in [0.29, 0.717) is 11.8 Å². The minimum Gasteiger partial charge on any atom is -0.475 e. The van der Waals surface area contributed by atoms with Crippen molar-refractivity contribution in [3.05, 3.63) is 22.4 Å². The summed E-state index contributed by atoms with van der Waals surface area (Å²) in [6.45, 7) is 4.66. The molecule has 158 valence electrons. The number of carbonyl (C=O) groups is 2. The van der Waals surface area contributed by atoms with Gasteiger partial charge in [-0.3, -0.25) is 9.69 Å². The lowest BCUT2D eigenvalue weighted by Gasteiger charge is -2.36. The molecule has 0 unspecified atom stereocenters. The van der Waals surface area contributed by atoms with Gasteiger partial charge in [0.05, 0.1) is 6.61 Å². The van der Waals surface area contributed by atoms with E-state index in [-0.39, 0.29) is 11.8 Å². The van der Waals surface area contributed by atoms with Crippen LogP contribution in [0.3, 0.4) is 0 Å². The number of amides is 1. The Morgan fingerprint density at radius 3 is 2.64 bits per heavy atom. The molecule has 3 heterocycles. The summed E-state index contributed by atoms with van der Waals surface area (Å²) in [6.07, 6.45) is -3.00. The van der Waals surface area contributed by atoms with Crippen LogP contribution in [0.5, 0.6) is 0 Å². The second-order valence-electron chi connectivity index (χ2n) is 6.97. The maximum Gasteiger partial charge on any atom is 0.490 e. The zero-order valence-corrected chi connectivity index (χ0v) is 16.4. The van der Waals surface area contributed by atoms with E-state index >= 15 is 0 Å². The molecule has 2 fully saturated rings. The average Bonchev–Trinajstić information content (AvgIpc) is 3.03. The number of hydrogen-bond acceptors (Lipinski definition) is 5. The number of piperidine rings is 1. The average molecular weight is 422 g/mol. The summed E-state index contributed by atoms with van der Waals surface area (Å²) in [5.74, 6) is -1.38. The third kappa shape index (κ3) is 6.46. The fourth-order valence-electron chi connectivity index (χ4n) is 3.76. The number of carboxylic acid groups (broad SMARTS) is 1. The second kappa shape index (κ2) is 10.2. The zero-order valence-electron chi connectivity index (χ0n) is 15.6. The standard InChI is InChI=1S/C16H24N2O2S.C2HF3O2/c1-20-11-12-9-17-16(19)15-5-7-18(6-4-14(12)15)10-13-3-2-8-21-13;3-2(4,5)1(6)7/h2-3,8,12,14-15H,4-7,9-11H2,1H3,(H,17,19);(H,6,7)/t12-,14-,15-;/m1./s1. The number of carbonyl (C=O) groups excluding carboxylic acids is 1. The van der Waals surface area contributed by atoms with Crippen LogP contribution < -0.4 is 5.32 Å². The van der Waals surface area contributed by atoms with E-state index in [1.807, 2.05) is 11.3 Å². The molecule has 0 aromatic carbocycles. The van der Waals surface area contributed by atoms with Crippen molar-refractivity contribution in [1.29, 1.82) is 0 Å². The third-order valence-electron chi connectivity index (χ3n) is 5.12. The summed E-state index contributed by atoms with van der Waals surface area (Å²) in [6, 6.07) is 4.31. The van der Waals surface area contributed by atoms with Crippen molar-refractivity contribution in [3.63, 3.8) is 0 Å². The lowest BCUT2D eigenvalue weighted by molar-refractivity contribution is -0.192. The van der Waals surface area contributed by atoms with Gasteiger partial charge < -0.3 is 15.2 Å². The Hall–Kier alpha value is -1.65. The van der Waals surface area contributed by atoms with Crippen molar-refractivity contribution in [3.8, 4) is 0 Å². The number of halogens is 3. The number of likely N-dealkylation sites (tertiary alicyclic amines) is 1. The summed E-state index contributed by atoms with van der Waals surface area (Å²) in [4.78, 5) is 25.0. The molecule has 0 bridgehead atoms. The van der Waals surface area contributed by atoms with Gasteiger partial charge in [0.1, 0.15) is 0 Å². The van der Waals surface area contributed by atoms with Crippen LogP contribution in [-0.2, 0) is 20.9 Å². The second-order valence-corrected chi connectivity index (χ2v) is 8.00. The molecule has 3 atom stereocenters. The number of thiophene rings is 1. The highest BCUT2D eigenvalue weighted by Crippen LogP contribution is 2.34. The molecule has 2 saturated heterocycles. The number of alkyl halides is 3. The predicted octanol–water partition coefficient (Wildman–Crippen LogP) is 2.60. The van der Waals surface area contributed by atoms with Crippen molar-refractivity contribution < 1.29 is 32.6 Å². The lowest BCUT2D eigenvalue weighted by atomic mass is 9.75. The van der Waals surface area contributed by atoms with E-state index in [1.165, 1.54) is 4.88 Å². The normalized spacial score (nSPS) is 25.7.